The summed E-state index contributed by atoms with van der Waals surface area (Å²) in [6.07, 6.45) is 5.33. The first-order chi connectivity index (χ1) is 16.5. The van der Waals surface area contributed by atoms with Crippen LogP contribution in [0.2, 0.25) is 0 Å². The molecule has 2 aromatic carbocycles. The summed E-state index contributed by atoms with van der Waals surface area (Å²) in [5, 5.41) is 7.27. The Balaban J connectivity index is 1.82. The lowest BCUT2D eigenvalue weighted by Gasteiger charge is -2.30. The maximum atomic E-state index is 6.29. The van der Waals surface area contributed by atoms with Crippen molar-refractivity contribution in [2.24, 2.45) is 0 Å². The van der Waals surface area contributed by atoms with Crippen LogP contribution in [0.4, 0.5) is 5.69 Å². The molecule has 0 radical (unpaired) electrons. The molecule has 2 N–H and O–H groups in total. The first-order valence-corrected chi connectivity index (χ1v) is 13.9. The lowest BCUT2D eigenvalue weighted by Crippen LogP contribution is -2.29. The van der Waals surface area contributed by atoms with Gasteiger partial charge in [-0.15, -0.1) is 0 Å². The molecule has 0 aliphatic heterocycles. The third kappa shape index (κ3) is 8.52. The van der Waals surface area contributed by atoms with E-state index in [2.05, 4.69) is 108 Å². The number of ether oxygens (including phenoxy) is 1. The minimum atomic E-state index is 0.0847. The predicted molar refractivity (Wildman–Crippen MR) is 157 cm³/mol. The van der Waals surface area contributed by atoms with E-state index in [0.29, 0.717) is 17.6 Å². The van der Waals surface area contributed by atoms with Crippen LogP contribution in [0.15, 0.2) is 42.5 Å². The lowest BCUT2D eigenvalue weighted by molar-refractivity contribution is 0.296. The molecule has 0 fully saturated rings. The molecule has 3 nitrogen and oxygen atoms in total. The van der Waals surface area contributed by atoms with Crippen LogP contribution in [0.3, 0.4) is 0 Å². The summed E-state index contributed by atoms with van der Waals surface area (Å²) in [5.74, 6) is 1.61. The van der Waals surface area contributed by atoms with Crippen LogP contribution in [-0.4, -0.2) is 18.3 Å². The van der Waals surface area contributed by atoms with Crippen molar-refractivity contribution in [2.45, 2.75) is 104 Å². The molecule has 0 aliphatic carbocycles. The van der Waals surface area contributed by atoms with Crippen LogP contribution in [0, 0.1) is 0 Å². The fourth-order valence-electron chi connectivity index (χ4n) is 3.92. The minimum absolute atomic E-state index is 0.0847. The van der Waals surface area contributed by atoms with Crippen molar-refractivity contribution < 1.29 is 4.74 Å². The highest BCUT2D eigenvalue weighted by Crippen LogP contribution is 2.38. The molecule has 0 spiro atoms. The SMILES string of the molecule is CCC(C)c1ccc(NC(=S)NCCCCOc2ccc(C(C)(C)CC)cc2C(C)(C)CC)cc1. The van der Waals surface area contributed by atoms with E-state index in [4.69, 9.17) is 17.0 Å². The average molecular weight is 497 g/mol. The molecular formula is C31H48N2OS. The Hall–Kier alpha value is -2.07. The predicted octanol–water partition coefficient (Wildman–Crippen LogP) is 8.72. The van der Waals surface area contributed by atoms with Gasteiger partial charge in [0.05, 0.1) is 6.61 Å². The lowest BCUT2D eigenvalue weighted by atomic mass is 9.76. The van der Waals surface area contributed by atoms with Crippen LogP contribution >= 0.6 is 12.2 Å². The van der Waals surface area contributed by atoms with Crippen molar-refractivity contribution >= 4 is 23.0 Å². The number of hydrogen-bond acceptors (Lipinski definition) is 2. The molecule has 1 atom stereocenters. The molecule has 0 amide bonds. The third-order valence-corrected chi connectivity index (χ3v) is 7.97. The van der Waals surface area contributed by atoms with Gasteiger partial charge in [0.25, 0.3) is 0 Å². The van der Waals surface area contributed by atoms with Crippen LogP contribution < -0.4 is 15.4 Å². The molecule has 0 heterocycles. The Morgan fingerprint density at radius 3 is 2.17 bits per heavy atom. The number of nitrogens with one attached hydrogen (secondary N) is 2. The Labute approximate surface area is 220 Å². The van der Waals surface area contributed by atoms with Crippen molar-refractivity contribution in [2.75, 3.05) is 18.5 Å². The van der Waals surface area contributed by atoms with Crippen molar-refractivity contribution in [1.29, 1.82) is 0 Å². The summed E-state index contributed by atoms with van der Waals surface area (Å²) < 4.78 is 6.29. The van der Waals surface area contributed by atoms with E-state index in [1.54, 1.807) is 0 Å². The fraction of sp³-hybridized carbons (Fsp3) is 0.581. The molecule has 2 rings (SSSR count). The Bertz CT molecular complexity index is 933. The summed E-state index contributed by atoms with van der Waals surface area (Å²) in [7, 11) is 0. The van der Waals surface area contributed by atoms with Gasteiger partial charge in [-0.3, -0.25) is 0 Å². The molecular weight excluding hydrogens is 448 g/mol. The van der Waals surface area contributed by atoms with E-state index in [9.17, 15) is 0 Å². The first kappa shape index (κ1) is 29.2. The fourth-order valence-corrected chi connectivity index (χ4v) is 4.14. The average Bonchev–Trinajstić information content (AvgIpc) is 2.85. The van der Waals surface area contributed by atoms with Gasteiger partial charge in [0.15, 0.2) is 5.11 Å². The Kier molecular flexibility index (Phi) is 11.1. The zero-order valence-corrected chi connectivity index (χ0v) is 24.2. The summed E-state index contributed by atoms with van der Waals surface area (Å²) in [5.41, 5.74) is 5.36. The molecule has 194 valence electrons. The second-order valence-corrected chi connectivity index (χ2v) is 11.5. The summed E-state index contributed by atoms with van der Waals surface area (Å²) >= 11 is 5.47. The van der Waals surface area contributed by atoms with Crippen molar-refractivity contribution in [1.82, 2.24) is 5.32 Å². The highest BCUT2D eigenvalue weighted by Gasteiger charge is 2.26. The van der Waals surface area contributed by atoms with Gasteiger partial charge in [0, 0.05) is 17.8 Å². The highest BCUT2D eigenvalue weighted by atomic mass is 32.1. The number of benzene rings is 2. The Morgan fingerprint density at radius 2 is 1.57 bits per heavy atom. The third-order valence-electron chi connectivity index (χ3n) is 7.72. The molecule has 0 saturated heterocycles. The van der Waals surface area contributed by atoms with Gasteiger partial charge in [0.2, 0.25) is 0 Å². The molecule has 4 heteroatoms. The van der Waals surface area contributed by atoms with Gasteiger partial charge in [-0.2, -0.15) is 0 Å². The number of thiocarbonyl (C=S) groups is 1. The van der Waals surface area contributed by atoms with E-state index < -0.39 is 0 Å². The van der Waals surface area contributed by atoms with E-state index in [0.717, 1.165) is 50.1 Å². The molecule has 0 saturated carbocycles. The second kappa shape index (κ2) is 13.3. The molecule has 0 aliphatic rings. The molecule has 2 aromatic rings. The molecule has 35 heavy (non-hydrogen) atoms. The minimum Gasteiger partial charge on any atom is -0.493 e. The van der Waals surface area contributed by atoms with Crippen molar-refractivity contribution in [3.8, 4) is 5.75 Å². The van der Waals surface area contributed by atoms with Gasteiger partial charge >= 0.3 is 0 Å². The zero-order chi connectivity index (χ0) is 26.1. The van der Waals surface area contributed by atoms with Crippen LogP contribution in [-0.2, 0) is 10.8 Å². The standard InChI is InChI=1S/C31H48N2OS/c1-9-23(4)24-14-17-26(18-15-24)33-29(35)32-20-12-13-21-34-28-19-16-25(30(5,6)10-2)22-27(28)31(7,8)11-3/h14-19,22-23H,9-13,20-21H2,1-8H3,(H2,32,33,35). The van der Waals surface area contributed by atoms with Gasteiger partial charge < -0.3 is 15.4 Å². The number of hydrogen-bond donors (Lipinski definition) is 2. The van der Waals surface area contributed by atoms with Gasteiger partial charge in [-0.1, -0.05) is 79.7 Å². The van der Waals surface area contributed by atoms with Gasteiger partial charge in [-0.05, 0) is 90.4 Å². The molecule has 0 bridgehead atoms. The summed E-state index contributed by atoms with van der Waals surface area (Å²) in [6, 6.07) is 15.4. The zero-order valence-electron chi connectivity index (χ0n) is 23.4. The topological polar surface area (TPSA) is 33.3 Å². The van der Waals surface area contributed by atoms with Gasteiger partial charge in [-0.25, -0.2) is 0 Å². The van der Waals surface area contributed by atoms with E-state index in [-0.39, 0.29) is 10.8 Å². The Morgan fingerprint density at radius 1 is 0.914 bits per heavy atom. The smallest absolute Gasteiger partial charge is 0.170 e. The highest BCUT2D eigenvalue weighted by molar-refractivity contribution is 7.80. The second-order valence-electron chi connectivity index (χ2n) is 11.1. The van der Waals surface area contributed by atoms with E-state index >= 15 is 0 Å². The number of unbranched alkanes of at least 4 members (excludes halogenated alkanes) is 1. The maximum absolute atomic E-state index is 6.29. The summed E-state index contributed by atoms with van der Waals surface area (Å²) in [4.78, 5) is 0. The van der Waals surface area contributed by atoms with Crippen molar-refractivity contribution in [3.63, 3.8) is 0 Å². The first-order valence-electron chi connectivity index (χ1n) is 13.5. The van der Waals surface area contributed by atoms with E-state index in [1.165, 1.54) is 16.7 Å². The number of rotatable bonds is 13. The quantitative estimate of drug-likeness (QED) is 0.214. The maximum Gasteiger partial charge on any atom is 0.170 e. The largest absolute Gasteiger partial charge is 0.493 e. The molecule has 1 unspecified atom stereocenters. The molecule has 0 aromatic heterocycles. The summed E-state index contributed by atoms with van der Waals surface area (Å²) in [6.45, 7) is 19.8. The number of anilines is 1. The van der Waals surface area contributed by atoms with E-state index in [1.807, 2.05) is 0 Å². The van der Waals surface area contributed by atoms with Crippen molar-refractivity contribution in [3.05, 3.63) is 59.2 Å². The normalized spacial score (nSPS) is 12.8. The van der Waals surface area contributed by atoms with Gasteiger partial charge in [0.1, 0.15) is 5.75 Å². The van der Waals surface area contributed by atoms with Crippen LogP contribution in [0.5, 0.6) is 5.75 Å². The monoisotopic (exact) mass is 496 g/mol. The van der Waals surface area contributed by atoms with Crippen LogP contribution in [0.1, 0.15) is 110 Å². The van der Waals surface area contributed by atoms with Crippen LogP contribution in [0.25, 0.3) is 0 Å².